The van der Waals surface area contributed by atoms with Crippen LogP contribution in [0.1, 0.15) is 12.5 Å². The Balaban J connectivity index is 2.88. The quantitative estimate of drug-likeness (QED) is 0.804. The van der Waals surface area contributed by atoms with Crippen molar-refractivity contribution in [2.75, 3.05) is 11.9 Å². The first-order valence-electron chi connectivity index (χ1n) is 4.42. The summed E-state index contributed by atoms with van der Waals surface area (Å²) in [5.41, 5.74) is 5.27. The average Bonchev–Trinajstić information content (AvgIpc) is 2.17. The smallest absolute Gasteiger partial charge is 0.270 e. The zero-order chi connectivity index (χ0) is 11.5. The molecule has 0 aromatic heterocycles. The highest BCUT2D eigenvalue weighted by Crippen LogP contribution is 2.28. The summed E-state index contributed by atoms with van der Waals surface area (Å²) in [6.45, 7) is 0.629. The van der Waals surface area contributed by atoms with Crippen LogP contribution in [0.2, 0.25) is 0 Å². The van der Waals surface area contributed by atoms with E-state index in [2.05, 4.69) is 5.32 Å². The molecular formula is C10H12F2N2O. The molecule has 0 saturated carbocycles. The molecule has 0 saturated heterocycles. The number of carbonyl (C=O) groups excluding carboxylic acids is 1. The van der Waals surface area contributed by atoms with Crippen LogP contribution in [-0.2, 0) is 10.7 Å². The first-order valence-corrected chi connectivity index (χ1v) is 4.42. The van der Waals surface area contributed by atoms with Gasteiger partial charge >= 0.3 is 0 Å². The lowest BCUT2D eigenvalue weighted by atomic mass is 10.1. The molecular weight excluding hydrogens is 202 g/mol. The molecule has 0 aliphatic rings. The minimum Gasteiger partial charge on any atom is -0.325 e. The van der Waals surface area contributed by atoms with E-state index in [9.17, 15) is 13.6 Å². The van der Waals surface area contributed by atoms with Gasteiger partial charge in [0, 0.05) is 18.2 Å². The van der Waals surface area contributed by atoms with Gasteiger partial charge in [-0.2, -0.15) is 0 Å². The van der Waals surface area contributed by atoms with Gasteiger partial charge in [0.25, 0.3) is 5.92 Å². The van der Waals surface area contributed by atoms with Crippen molar-refractivity contribution in [3.8, 4) is 0 Å². The summed E-state index contributed by atoms with van der Waals surface area (Å²) < 4.78 is 25.8. The molecule has 3 N–H and O–H groups in total. The molecule has 15 heavy (non-hydrogen) atoms. The fourth-order valence-corrected chi connectivity index (χ4v) is 1.08. The fourth-order valence-electron chi connectivity index (χ4n) is 1.08. The lowest BCUT2D eigenvalue weighted by Gasteiger charge is -2.12. The normalized spacial score (nSPS) is 11.2. The third-order valence-electron chi connectivity index (χ3n) is 1.84. The lowest BCUT2D eigenvalue weighted by molar-refractivity contribution is -0.114. The molecule has 0 fully saturated rings. The number of benzene rings is 1. The molecule has 3 nitrogen and oxygen atoms in total. The van der Waals surface area contributed by atoms with Crippen LogP contribution in [0.3, 0.4) is 0 Å². The Kier molecular flexibility index (Phi) is 3.36. The summed E-state index contributed by atoms with van der Waals surface area (Å²) in [5.74, 6) is -3.32. The van der Waals surface area contributed by atoms with Crippen molar-refractivity contribution in [1.82, 2.24) is 0 Å². The monoisotopic (exact) mass is 214 g/mol. The number of nitrogens with two attached hydrogens (primary N) is 1. The molecule has 1 rings (SSSR count). The molecule has 0 heterocycles. The van der Waals surface area contributed by atoms with Crippen LogP contribution in [0, 0.1) is 0 Å². The van der Waals surface area contributed by atoms with E-state index in [0.717, 1.165) is 6.92 Å². The van der Waals surface area contributed by atoms with Crippen molar-refractivity contribution in [2.45, 2.75) is 12.8 Å². The van der Waals surface area contributed by atoms with Crippen molar-refractivity contribution in [3.05, 3.63) is 29.8 Å². The average molecular weight is 214 g/mol. The number of amides is 1. The van der Waals surface area contributed by atoms with Crippen molar-refractivity contribution in [2.24, 2.45) is 5.73 Å². The van der Waals surface area contributed by atoms with E-state index in [-0.39, 0.29) is 12.1 Å². The molecule has 0 spiro atoms. The summed E-state index contributed by atoms with van der Waals surface area (Å²) in [4.78, 5) is 10.9. The molecule has 1 aromatic carbocycles. The summed E-state index contributed by atoms with van der Waals surface area (Å²) in [6, 6.07) is 5.52. The van der Waals surface area contributed by atoms with Crippen LogP contribution in [-0.4, -0.2) is 12.5 Å². The minimum atomic E-state index is -2.91. The molecule has 1 amide bonds. The molecule has 0 aliphatic heterocycles. The Labute approximate surface area is 86.3 Å². The third kappa shape index (κ3) is 3.28. The molecule has 0 bridgehead atoms. The maximum Gasteiger partial charge on any atom is 0.270 e. The number of hydrogen-bond donors (Lipinski definition) is 2. The number of alkyl halides is 2. The van der Waals surface area contributed by atoms with Gasteiger partial charge in [0.2, 0.25) is 5.91 Å². The Bertz CT molecular complexity index is 361. The SMILES string of the molecule is CC(F)(F)c1cccc(NC(=O)CN)c1. The topological polar surface area (TPSA) is 55.1 Å². The van der Waals surface area contributed by atoms with E-state index in [4.69, 9.17) is 5.73 Å². The molecule has 0 radical (unpaired) electrons. The summed E-state index contributed by atoms with van der Waals surface area (Å²) in [6.07, 6.45) is 0. The number of carbonyl (C=O) groups is 1. The van der Waals surface area contributed by atoms with E-state index < -0.39 is 11.8 Å². The van der Waals surface area contributed by atoms with E-state index in [0.29, 0.717) is 5.69 Å². The fraction of sp³-hybridized carbons (Fsp3) is 0.300. The first-order chi connectivity index (χ1) is 6.93. The zero-order valence-electron chi connectivity index (χ0n) is 8.26. The standard InChI is InChI=1S/C10H12F2N2O/c1-10(11,12)7-3-2-4-8(5-7)14-9(15)6-13/h2-5H,6,13H2,1H3,(H,14,15). The number of halogens is 2. The van der Waals surface area contributed by atoms with Crippen molar-refractivity contribution in [1.29, 1.82) is 0 Å². The van der Waals surface area contributed by atoms with Crippen molar-refractivity contribution < 1.29 is 13.6 Å². The first kappa shape index (κ1) is 11.6. The number of nitrogens with one attached hydrogen (secondary N) is 1. The van der Waals surface area contributed by atoms with Crippen LogP contribution in [0.4, 0.5) is 14.5 Å². The van der Waals surface area contributed by atoms with Crippen LogP contribution < -0.4 is 11.1 Å². The van der Waals surface area contributed by atoms with Crippen LogP contribution in [0.5, 0.6) is 0 Å². The molecule has 0 aliphatic carbocycles. The third-order valence-corrected chi connectivity index (χ3v) is 1.84. The molecule has 1 aromatic rings. The van der Waals surface area contributed by atoms with E-state index in [1.807, 2.05) is 0 Å². The van der Waals surface area contributed by atoms with Crippen molar-refractivity contribution >= 4 is 11.6 Å². The largest absolute Gasteiger partial charge is 0.325 e. The summed E-state index contributed by atoms with van der Waals surface area (Å²) in [5, 5.41) is 2.41. The second kappa shape index (κ2) is 4.35. The Morgan fingerprint density at radius 3 is 2.73 bits per heavy atom. The van der Waals surface area contributed by atoms with Crippen LogP contribution in [0.15, 0.2) is 24.3 Å². The minimum absolute atomic E-state index is 0.141. The van der Waals surface area contributed by atoms with Gasteiger partial charge in [0.1, 0.15) is 0 Å². The predicted octanol–water partition coefficient (Wildman–Crippen LogP) is 1.70. The number of rotatable bonds is 3. The Hall–Kier alpha value is -1.49. The number of anilines is 1. The molecule has 0 atom stereocenters. The lowest BCUT2D eigenvalue weighted by Crippen LogP contribution is -2.22. The van der Waals surface area contributed by atoms with Gasteiger partial charge in [-0.25, -0.2) is 8.78 Å². The maximum absolute atomic E-state index is 12.9. The Morgan fingerprint density at radius 1 is 1.53 bits per heavy atom. The second-order valence-electron chi connectivity index (χ2n) is 3.22. The van der Waals surface area contributed by atoms with Crippen LogP contribution in [0.25, 0.3) is 0 Å². The molecule has 82 valence electrons. The highest BCUT2D eigenvalue weighted by Gasteiger charge is 2.24. The Morgan fingerprint density at radius 2 is 2.20 bits per heavy atom. The highest BCUT2D eigenvalue weighted by atomic mass is 19.3. The maximum atomic E-state index is 12.9. The van der Waals surface area contributed by atoms with E-state index >= 15 is 0 Å². The van der Waals surface area contributed by atoms with Gasteiger partial charge in [-0.05, 0) is 12.1 Å². The summed E-state index contributed by atoms with van der Waals surface area (Å²) in [7, 11) is 0. The van der Waals surface area contributed by atoms with Gasteiger partial charge in [0.05, 0.1) is 6.54 Å². The van der Waals surface area contributed by atoms with Crippen molar-refractivity contribution in [3.63, 3.8) is 0 Å². The van der Waals surface area contributed by atoms with E-state index in [1.165, 1.54) is 24.3 Å². The van der Waals surface area contributed by atoms with E-state index in [1.54, 1.807) is 0 Å². The molecule has 0 unspecified atom stereocenters. The second-order valence-corrected chi connectivity index (χ2v) is 3.22. The zero-order valence-corrected chi connectivity index (χ0v) is 8.26. The number of hydrogen-bond acceptors (Lipinski definition) is 2. The van der Waals surface area contributed by atoms with Gasteiger partial charge < -0.3 is 11.1 Å². The molecule has 5 heteroatoms. The predicted molar refractivity (Wildman–Crippen MR) is 53.7 cm³/mol. The highest BCUT2D eigenvalue weighted by molar-refractivity contribution is 5.92. The van der Waals surface area contributed by atoms with Gasteiger partial charge in [0.15, 0.2) is 0 Å². The van der Waals surface area contributed by atoms with Gasteiger partial charge in [-0.15, -0.1) is 0 Å². The van der Waals surface area contributed by atoms with Gasteiger partial charge in [-0.1, -0.05) is 12.1 Å². The van der Waals surface area contributed by atoms with Gasteiger partial charge in [-0.3, -0.25) is 4.79 Å². The van der Waals surface area contributed by atoms with Crippen LogP contribution >= 0.6 is 0 Å². The summed E-state index contributed by atoms with van der Waals surface area (Å²) >= 11 is 0.